The van der Waals surface area contributed by atoms with E-state index in [9.17, 15) is 14.5 Å². The second-order valence-corrected chi connectivity index (χ2v) is 4.56. The molecule has 0 spiro atoms. The molecule has 2 rings (SSSR count). The second kappa shape index (κ2) is 5.97. The number of halogens is 1. The maximum atomic E-state index is 13.1. The predicted octanol–water partition coefficient (Wildman–Crippen LogP) is 2.74. The van der Waals surface area contributed by atoms with Gasteiger partial charge in [0.25, 0.3) is 5.69 Å². The van der Waals surface area contributed by atoms with Gasteiger partial charge in [-0.3, -0.25) is 10.1 Å². The molecule has 1 aromatic carbocycles. The number of hydrogen-bond donors (Lipinski definition) is 0. The zero-order valence-corrected chi connectivity index (χ0v) is 10.8. The van der Waals surface area contributed by atoms with Gasteiger partial charge in [0.05, 0.1) is 17.1 Å². The third-order valence-electron chi connectivity index (χ3n) is 3.26. The summed E-state index contributed by atoms with van der Waals surface area (Å²) in [6, 6.07) is 3.70. The molecule has 1 fully saturated rings. The summed E-state index contributed by atoms with van der Waals surface area (Å²) in [7, 11) is 0. The van der Waals surface area contributed by atoms with Gasteiger partial charge in [-0.2, -0.15) is 0 Å². The highest BCUT2D eigenvalue weighted by molar-refractivity contribution is 5.63. The lowest BCUT2D eigenvalue weighted by atomic mass is 10.1. The Bertz CT molecular complexity index is 465. The lowest BCUT2D eigenvalue weighted by Crippen LogP contribution is -2.40. The van der Waals surface area contributed by atoms with Gasteiger partial charge in [-0.1, -0.05) is 0 Å². The van der Waals surface area contributed by atoms with Crippen LogP contribution in [0.3, 0.4) is 0 Å². The van der Waals surface area contributed by atoms with E-state index in [2.05, 4.69) is 0 Å². The average molecular weight is 268 g/mol. The van der Waals surface area contributed by atoms with Crippen molar-refractivity contribution in [1.29, 1.82) is 0 Å². The van der Waals surface area contributed by atoms with E-state index >= 15 is 0 Å². The molecule has 1 atom stereocenters. The van der Waals surface area contributed by atoms with Gasteiger partial charge in [0.15, 0.2) is 0 Å². The molecule has 0 aliphatic carbocycles. The molecule has 1 heterocycles. The molecule has 6 heteroatoms. The molecule has 104 valence electrons. The van der Waals surface area contributed by atoms with Crippen molar-refractivity contribution < 1.29 is 14.1 Å². The van der Waals surface area contributed by atoms with Gasteiger partial charge >= 0.3 is 0 Å². The minimum Gasteiger partial charge on any atom is -0.377 e. The van der Waals surface area contributed by atoms with Crippen molar-refractivity contribution in [3.63, 3.8) is 0 Å². The number of nitro benzene ring substituents is 1. The SMILES string of the molecule is CCOC1CCCN(c2ccc(F)cc2[N+](=O)[O-])C1. The Morgan fingerprint density at radius 2 is 2.37 bits per heavy atom. The van der Waals surface area contributed by atoms with Crippen LogP contribution in [0.4, 0.5) is 15.8 Å². The van der Waals surface area contributed by atoms with E-state index in [1.807, 2.05) is 11.8 Å². The molecule has 0 saturated carbocycles. The number of nitro groups is 1. The average Bonchev–Trinajstić information content (AvgIpc) is 2.39. The van der Waals surface area contributed by atoms with Crippen LogP contribution in [0.5, 0.6) is 0 Å². The summed E-state index contributed by atoms with van der Waals surface area (Å²) in [5.74, 6) is -0.589. The maximum absolute atomic E-state index is 13.1. The smallest absolute Gasteiger partial charge is 0.295 e. The Balaban J connectivity index is 2.23. The Hall–Kier alpha value is -1.69. The second-order valence-electron chi connectivity index (χ2n) is 4.56. The van der Waals surface area contributed by atoms with Crippen LogP contribution in [-0.4, -0.2) is 30.7 Å². The topological polar surface area (TPSA) is 55.6 Å². The van der Waals surface area contributed by atoms with Crippen LogP contribution in [0.15, 0.2) is 18.2 Å². The largest absolute Gasteiger partial charge is 0.377 e. The summed E-state index contributed by atoms with van der Waals surface area (Å²) < 4.78 is 18.7. The summed E-state index contributed by atoms with van der Waals surface area (Å²) in [5.41, 5.74) is 0.285. The van der Waals surface area contributed by atoms with E-state index in [1.165, 1.54) is 12.1 Å². The first-order chi connectivity index (χ1) is 9.11. The van der Waals surface area contributed by atoms with E-state index in [4.69, 9.17) is 4.74 Å². The fraction of sp³-hybridized carbons (Fsp3) is 0.538. The molecule has 0 amide bonds. The first kappa shape index (κ1) is 13.7. The van der Waals surface area contributed by atoms with Crippen molar-refractivity contribution >= 4 is 11.4 Å². The minimum absolute atomic E-state index is 0.0865. The van der Waals surface area contributed by atoms with Crippen LogP contribution in [0.2, 0.25) is 0 Å². The number of ether oxygens (including phenoxy) is 1. The molecule has 1 aliphatic heterocycles. The fourth-order valence-corrected chi connectivity index (χ4v) is 2.44. The fourth-order valence-electron chi connectivity index (χ4n) is 2.44. The quantitative estimate of drug-likeness (QED) is 0.622. The molecule has 0 aromatic heterocycles. The Morgan fingerprint density at radius 3 is 3.05 bits per heavy atom. The van der Waals surface area contributed by atoms with Gasteiger partial charge in [-0.05, 0) is 31.9 Å². The third-order valence-corrected chi connectivity index (χ3v) is 3.26. The van der Waals surface area contributed by atoms with Gasteiger partial charge in [0, 0.05) is 19.7 Å². The summed E-state index contributed by atoms with van der Waals surface area (Å²) in [5, 5.41) is 11.0. The van der Waals surface area contributed by atoms with Crippen LogP contribution >= 0.6 is 0 Å². The number of nitrogens with zero attached hydrogens (tertiary/aromatic N) is 2. The molecule has 19 heavy (non-hydrogen) atoms. The predicted molar refractivity (Wildman–Crippen MR) is 69.9 cm³/mol. The number of anilines is 1. The third kappa shape index (κ3) is 3.20. The lowest BCUT2D eigenvalue weighted by molar-refractivity contribution is -0.384. The van der Waals surface area contributed by atoms with E-state index in [0.717, 1.165) is 25.5 Å². The number of rotatable bonds is 4. The summed E-state index contributed by atoms with van der Waals surface area (Å²) in [4.78, 5) is 12.4. The molecular formula is C13H17FN2O3. The molecule has 1 unspecified atom stereocenters. The van der Waals surface area contributed by atoms with Gasteiger partial charge in [0.1, 0.15) is 11.5 Å². The first-order valence-corrected chi connectivity index (χ1v) is 6.42. The molecule has 5 nitrogen and oxygen atoms in total. The molecule has 1 aromatic rings. The van der Waals surface area contributed by atoms with E-state index < -0.39 is 10.7 Å². The van der Waals surface area contributed by atoms with Gasteiger partial charge in [-0.25, -0.2) is 4.39 Å². The molecular weight excluding hydrogens is 251 g/mol. The van der Waals surface area contributed by atoms with Crippen LogP contribution in [0, 0.1) is 15.9 Å². The van der Waals surface area contributed by atoms with Crippen molar-refractivity contribution in [2.45, 2.75) is 25.9 Å². The Kier molecular flexibility index (Phi) is 4.31. The zero-order chi connectivity index (χ0) is 13.8. The van der Waals surface area contributed by atoms with Gasteiger partial charge < -0.3 is 9.64 Å². The van der Waals surface area contributed by atoms with Gasteiger partial charge in [0.2, 0.25) is 0 Å². The normalized spacial score (nSPS) is 19.5. The maximum Gasteiger partial charge on any atom is 0.295 e. The molecule has 1 saturated heterocycles. The molecule has 0 bridgehead atoms. The monoisotopic (exact) mass is 268 g/mol. The number of hydrogen-bond acceptors (Lipinski definition) is 4. The number of piperidine rings is 1. The van der Waals surface area contributed by atoms with Crippen molar-refractivity contribution in [2.75, 3.05) is 24.6 Å². The van der Waals surface area contributed by atoms with Crippen LogP contribution in [0.1, 0.15) is 19.8 Å². The highest BCUT2D eigenvalue weighted by Crippen LogP contribution is 2.31. The standard InChI is InChI=1S/C13H17FN2O3/c1-2-19-11-4-3-7-15(9-11)12-6-5-10(14)8-13(12)16(17)18/h5-6,8,11H,2-4,7,9H2,1H3. The van der Waals surface area contributed by atoms with Crippen LogP contribution < -0.4 is 4.90 Å². The molecule has 0 N–H and O–H groups in total. The highest BCUT2D eigenvalue weighted by Gasteiger charge is 2.26. The summed E-state index contributed by atoms with van der Waals surface area (Å²) in [6.07, 6.45) is 1.96. The van der Waals surface area contributed by atoms with Crippen molar-refractivity contribution in [3.05, 3.63) is 34.1 Å². The first-order valence-electron chi connectivity index (χ1n) is 6.42. The van der Waals surface area contributed by atoms with Crippen molar-refractivity contribution in [2.24, 2.45) is 0 Å². The van der Waals surface area contributed by atoms with Crippen molar-refractivity contribution in [1.82, 2.24) is 0 Å². The Labute approximate surface area is 111 Å². The summed E-state index contributed by atoms with van der Waals surface area (Å²) in [6.45, 7) is 3.90. The summed E-state index contributed by atoms with van der Waals surface area (Å²) >= 11 is 0. The number of benzene rings is 1. The van der Waals surface area contributed by atoms with Gasteiger partial charge in [-0.15, -0.1) is 0 Å². The lowest BCUT2D eigenvalue weighted by Gasteiger charge is -2.33. The Morgan fingerprint density at radius 1 is 1.58 bits per heavy atom. The van der Waals surface area contributed by atoms with E-state index in [1.54, 1.807) is 0 Å². The molecule has 0 radical (unpaired) electrons. The highest BCUT2D eigenvalue weighted by atomic mass is 19.1. The van der Waals surface area contributed by atoms with E-state index in [0.29, 0.717) is 18.8 Å². The van der Waals surface area contributed by atoms with Crippen molar-refractivity contribution in [3.8, 4) is 0 Å². The molecule has 1 aliphatic rings. The van der Waals surface area contributed by atoms with Crippen LogP contribution in [-0.2, 0) is 4.74 Å². The van der Waals surface area contributed by atoms with E-state index in [-0.39, 0.29) is 11.8 Å². The van der Waals surface area contributed by atoms with Crippen LogP contribution in [0.25, 0.3) is 0 Å². The zero-order valence-electron chi connectivity index (χ0n) is 10.8. The minimum atomic E-state index is -0.589.